The van der Waals surface area contributed by atoms with Gasteiger partial charge in [0.05, 0.1) is 12.5 Å². The van der Waals surface area contributed by atoms with Crippen LogP contribution in [0, 0.1) is 11.3 Å². The summed E-state index contributed by atoms with van der Waals surface area (Å²) in [5.41, 5.74) is 0. The highest BCUT2D eigenvalue weighted by atomic mass is 14.7. The number of nitrogens with zero attached hydrogens (tertiary/aromatic N) is 2. The average molecular weight is 138 g/mol. The van der Waals surface area contributed by atoms with Crippen molar-refractivity contribution in [3.05, 3.63) is 0 Å². The molecule has 0 aliphatic rings. The molecule has 0 unspecified atom stereocenters. The Morgan fingerprint density at radius 2 is 2.30 bits per heavy atom. The normalized spacial score (nSPS) is 10.0. The molecular formula is C8H14N2. The van der Waals surface area contributed by atoms with Gasteiger partial charge in [-0.1, -0.05) is 19.8 Å². The summed E-state index contributed by atoms with van der Waals surface area (Å²) in [7, 11) is 0. The molecule has 0 aliphatic heterocycles. The third-order valence-electron chi connectivity index (χ3n) is 1.20. The molecule has 0 aromatic carbocycles. The van der Waals surface area contributed by atoms with E-state index in [1.807, 2.05) is 6.07 Å². The molecule has 0 bridgehead atoms. The molecule has 0 N–H and O–H groups in total. The second-order valence-electron chi connectivity index (χ2n) is 2.16. The van der Waals surface area contributed by atoms with Crippen LogP contribution < -0.4 is 0 Å². The van der Waals surface area contributed by atoms with Crippen LogP contribution >= 0.6 is 0 Å². The zero-order valence-corrected chi connectivity index (χ0v) is 6.51. The highest BCUT2D eigenvalue weighted by Crippen LogP contribution is 1.92. The summed E-state index contributed by atoms with van der Waals surface area (Å²) < 4.78 is 0. The van der Waals surface area contributed by atoms with Crippen molar-refractivity contribution in [3.63, 3.8) is 0 Å². The molecule has 0 radical (unpaired) electrons. The second kappa shape index (κ2) is 8.16. The first-order valence-corrected chi connectivity index (χ1v) is 3.77. The van der Waals surface area contributed by atoms with Gasteiger partial charge in [0.15, 0.2) is 0 Å². The van der Waals surface area contributed by atoms with Crippen LogP contribution in [0.2, 0.25) is 0 Å². The lowest BCUT2D eigenvalue weighted by Gasteiger charge is -1.89. The number of nitriles is 1. The minimum atomic E-state index is 0.451. The van der Waals surface area contributed by atoms with Crippen LogP contribution in [0.3, 0.4) is 0 Å². The first kappa shape index (κ1) is 9.16. The fraction of sp³-hybridized carbons (Fsp3) is 0.750. The van der Waals surface area contributed by atoms with Gasteiger partial charge in [-0.05, 0) is 6.42 Å². The fourth-order valence-corrected chi connectivity index (χ4v) is 0.650. The van der Waals surface area contributed by atoms with Crippen LogP contribution in [0.1, 0.15) is 32.6 Å². The van der Waals surface area contributed by atoms with Gasteiger partial charge >= 0.3 is 0 Å². The zero-order valence-electron chi connectivity index (χ0n) is 6.51. The van der Waals surface area contributed by atoms with E-state index in [9.17, 15) is 0 Å². The van der Waals surface area contributed by atoms with Gasteiger partial charge in [0, 0.05) is 12.8 Å². The first-order valence-electron chi connectivity index (χ1n) is 3.77. The van der Waals surface area contributed by atoms with Crippen LogP contribution in [-0.2, 0) is 0 Å². The van der Waals surface area contributed by atoms with Crippen molar-refractivity contribution in [1.29, 1.82) is 5.26 Å². The smallest absolute Gasteiger partial charge is 0.0700 e. The Morgan fingerprint density at radius 1 is 1.50 bits per heavy atom. The van der Waals surface area contributed by atoms with Gasteiger partial charge in [0.1, 0.15) is 0 Å². The van der Waals surface area contributed by atoms with Crippen LogP contribution in [0.4, 0.5) is 0 Å². The van der Waals surface area contributed by atoms with E-state index < -0.39 is 0 Å². The Balaban J connectivity index is 2.97. The lowest BCUT2D eigenvalue weighted by atomic mass is 10.2. The third kappa shape index (κ3) is 7.16. The monoisotopic (exact) mass is 138 g/mol. The van der Waals surface area contributed by atoms with Gasteiger partial charge in [-0.3, -0.25) is 4.99 Å². The third-order valence-corrected chi connectivity index (χ3v) is 1.20. The summed E-state index contributed by atoms with van der Waals surface area (Å²) in [6.07, 6.45) is 5.76. The Kier molecular flexibility index (Phi) is 7.47. The lowest BCUT2D eigenvalue weighted by Crippen LogP contribution is -1.81. The van der Waals surface area contributed by atoms with Crippen molar-refractivity contribution in [3.8, 4) is 6.07 Å². The largest absolute Gasteiger partial charge is 0.296 e. The summed E-state index contributed by atoms with van der Waals surface area (Å²) in [6.45, 7) is 3.05. The summed E-state index contributed by atoms with van der Waals surface area (Å²) in [5, 5.41) is 8.13. The fourth-order valence-electron chi connectivity index (χ4n) is 0.650. The molecule has 0 heterocycles. The van der Waals surface area contributed by atoms with Gasteiger partial charge in [0.25, 0.3) is 0 Å². The van der Waals surface area contributed by atoms with Crippen LogP contribution in [0.25, 0.3) is 0 Å². The van der Waals surface area contributed by atoms with E-state index in [1.165, 1.54) is 12.8 Å². The van der Waals surface area contributed by atoms with Gasteiger partial charge < -0.3 is 0 Å². The molecule has 2 heteroatoms. The minimum absolute atomic E-state index is 0.451. The van der Waals surface area contributed by atoms with Gasteiger partial charge in [-0.15, -0.1) is 0 Å². The molecule has 2 nitrogen and oxygen atoms in total. The van der Waals surface area contributed by atoms with E-state index >= 15 is 0 Å². The zero-order chi connectivity index (χ0) is 7.66. The standard InChI is InChI=1S/C8H14N2/c1-2-3-4-7-10-8-5-6-9/h8H,2-5,7H2,1H3. The van der Waals surface area contributed by atoms with E-state index in [0.717, 1.165) is 13.0 Å². The summed E-state index contributed by atoms with van der Waals surface area (Å²) >= 11 is 0. The van der Waals surface area contributed by atoms with E-state index in [0.29, 0.717) is 6.42 Å². The van der Waals surface area contributed by atoms with Crippen molar-refractivity contribution >= 4 is 6.21 Å². The topological polar surface area (TPSA) is 36.1 Å². The van der Waals surface area contributed by atoms with E-state index in [4.69, 9.17) is 5.26 Å². The average Bonchev–Trinajstić information content (AvgIpc) is 1.97. The first-order chi connectivity index (χ1) is 4.91. The molecule has 56 valence electrons. The van der Waals surface area contributed by atoms with Gasteiger partial charge in [-0.25, -0.2) is 0 Å². The lowest BCUT2D eigenvalue weighted by molar-refractivity contribution is 0.729. The number of hydrogen-bond acceptors (Lipinski definition) is 2. The van der Waals surface area contributed by atoms with Gasteiger partial charge in [-0.2, -0.15) is 5.26 Å². The molecular weight excluding hydrogens is 124 g/mol. The summed E-state index contributed by atoms with van der Waals surface area (Å²) in [5.74, 6) is 0. The molecule has 10 heavy (non-hydrogen) atoms. The Bertz CT molecular complexity index is 122. The predicted molar refractivity (Wildman–Crippen MR) is 43.1 cm³/mol. The predicted octanol–water partition coefficient (Wildman–Crippen LogP) is 2.16. The Hall–Kier alpha value is -0.840. The van der Waals surface area contributed by atoms with Crippen molar-refractivity contribution in [2.24, 2.45) is 4.99 Å². The summed E-state index contributed by atoms with van der Waals surface area (Å²) in [6, 6.07) is 2.01. The SMILES string of the molecule is CCCCCN=CCC#N. The quantitative estimate of drug-likeness (QED) is 0.423. The van der Waals surface area contributed by atoms with Crippen molar-refractivity contribution in [1.82, 2.24) is 0 Å². The van der Waals surface area contributed by atoms with E-state index in [1.54, 1.807) is 6.21 Å². The summed E-state index contributed by atoms with van der Waals surface area (Å²) in [4.78, 5) is 4.05. The van der Waals surface area contributed by atoms with Crippen LogP contribution in [0.5, 0.6) is 0 Å². The maximum Gasteiger partial charge on any atom is 0.0700 e. The molecule has 0 amide bonds. The number of hydrogen-bond donors (Lipinski definition) is 0. The molecule has 0 aliphatic carbocycles. The number of aliphatic imine (C=N–C) groups is 1. The molecule has 0 aromatic rings. The molecule has 0 rings (SSSR count). The van der Waals surface area contributed by atoms with Crippen molar-refractivity contribution < 1.29 is 0 Å². The Labute approximate surface area is 62.6 Å². The van der Waals surface area contributed by atoms with Crippen molar-refractivity contribution in [2.75, 3.05) is 6.54 Å². The van der Waals surface area contributed by atoms with E-state index in [2.05, 4.69) is 11.9 Å². The van der Waals surface area contributed by atoms with Gasteiger partial charge in [0.2, 0.25) is 0 Å². The molecule has 0 saturated heterocycles. The highest BCUT2D eigenvalue weighted by Gasteiger charge is 1.80. The molecule has 0 spiro atoms. The Morgan fingerprint density at radius 3 is 2.90 bits per heavy atom. The molecule has 0 atom stereocenters. The van der Waals surface area contributed by atoms with E-state index in [-0.39, 0.29) is 0 Å². The molecule has 0 aromatic heterocycles. The number of unbranched alkanes of at least 4 members (excludes halogenated alkanes) is 2. The molecule has 0 fully saturated rings. The highest BCUT2D eigenvalue weighted by molar-refractivity contribution is 5.59. The second-order valence-corrected chi connectivity index (χ2v) is 2.16. The maximum atomic E-state index is 8.13. The van der Waals surface area contributed by atoms with Crippen LogP contribution in [-0.4, -0.2) is 12.8 Å². The number of rotatable bonds is 5. The minimum Gasteiger partial charge on any atom is -0.296 e. The molecule has 0 saturated carbocycles. The van der Waals surface area contributed by atoms with Crippen molar-refractivity contribution in [2.45, 2.75) is 32.6 Å². The maximum absolute atomic E-state index is 8.13. The van der Waals surface area contributed by atoms with Crippen LogP contribution in [0.15, 0.2) is 4.99 Å².